The van der Waals surface area contributed by atoms with Crippen LogP contribution in [-0.4, -0.2) is 14.3 Å². The van der Waals surface area contributed by atoms with Crippen molar-refractivity contribution in [3.05, 3.63) is 51.5 Å². The molecule has 112 valence electrons. The third-order valence-electron chi connectivity index (χ3n) is 4.12. The first-order valence-corrected chi connectivity index (χ1v) is 8.00. The quantitative estimate of drug-likeness (QED) is 0.726. The van der Waals surface area contributed by atoms with Gasteiger partial charge in [0.25, 0.3) is 5.56 Å². The van der Waals surface area contributed by atoms with Gasteiger partial charge in [0.05, 0.1) is 23.0 Å². The maximum absolute atomic E-state index is 13.9. The van der Waals surface area contributed by atoms with E-state index in [0.29, 0.717) is 23.9 Å². The number of hydrogen-bond acceptors (Lipinski definition) is 3. The van der Waals surface area contributed by atoms with Gasteiger partial charge in [-0.3, -0.25) is 4.79 Å². The highest BCUT2D eigenvalue weighted by atomic mass is 32.1. The second-order valence-corrected chi connectivity index (χ2v) is 6.35. The Morgan fingerprint density at radius 3 is 3.14 bits per heavy atom. The van der Waals surface area contributed by atoms with Gasteiger partial charge in [0.15, 0.2) is 0 Å². The summed E-state index contributed by atoms with van der Waals surface area (Å²) in [5.74, 6) is -0.149. The highest BCUT2D eigenvalue weighted by Gasteiger charge is 2.16. The van der Waals surface area contributed by atoms with E-state index in [9.17, 15) is 9.18 Å². The van der Waals surface area contributed by atoms with E-state index in [1.165, 1.54) is 4.68 Å². The molecule has 0 amide bonds. The van der Waals surface area contributed by atoms with Crippen LogP contribution in [0.3, 0.4) is 0 Å². The monoisotopic (exact) mass is 315 g/mol. The molecule has 1 aliphatic rings. The van der Waals surface area contributed by atoms with Crippen LogP contribution in [0, 0.1) is 0 Å². The van der Waals surface area contributed by atoms with E-state index in [0.717, 1.165) is 15.6 Å². The summed E-state index contributed by atoms with van der Waals surface area (Å²) in [6.07, 6.45) is 6.51. The molecular weight excluding hydrogens is 301 g/mol. The smallest absolute Gasteiger partial charge is 0.291 e. The van der Waals surface area contributed by atoms with Gasteiger partial charge in [0.1, 0.15) is 11.3 Å². The lowest BCUT2D eigenvalue weighted by Gasteiger charge is -2.11. The lowest BCUT2D eigenvalue weighted by atomic mass is 10.1. The van der Waals surface area contributed by atoms with Crippen molar-refractivity contribution >= 4 is 32.5 Å². The summed E-state index contributed by atoms with van der Waals surface area (Å²) < 4.78 is 18.2. The standard InChI is InChI=1S/C16H14FN3OS/c1-19-13-6-7-22-15(13)11-8-18-20(16(21)14(11)19)9-10-4-2-3-5-12(10)17/h2,4,6-8H,3,5,9H2,1H3. The molecule has 0 saturated carbocycles. The number of aryl methyl sites for hydroxylation is 1. The SMILES string of the molecule is Cn1c2ccsc2c2cnn(CC3=C(F)CCC=C3)c(=O)c21. The summed E-state index contributed by atoms with van der Waals surface area (Å²) in [6, 6.07) is 2.00. The first kappa shape index (κ1) is 13.5. The van der Waals surface area contributed by atoms with E-state index < -0.39 is 0 Å². The minimum Gasteiger partial charge on any atom is -0.338 e. The molecule has 0 fully saturated rings. The molecule has 4 rings (SSSR count). The van der Waals surface area contributed by atoms with Crippen molar-refractivity contribution in [2.75, 3.05) is 0 Å². The van der Waals surface area contributed by atoms with Crippen molar-refractivity contribution in [3.8, 4) is 0 Å². The van der Waals surface area contributed by atoms with Gasteiger partial charge >= 0.3 is 0 Å². The molecule has 1 aliphatic carbocycles. The number of nitrogens with zero attached hydrogens (tertiary/aromatic N) is 3. The van der Waals surface area contributed by atoms with Crippen molar-refractivity contribution in [2.24, 2.45) is 7.05 Å². The molecule has 0 atom stereocenters. The second-order valence-electron chi connectivity index (χ2n) is 5.43. The fourth-order valence-electron chi connectivity index (χ4n) is 2.96. The molecule has 3 aromatic rings. The van der Waals surface area contributed by atoms with Crippen molar-refractivity contribution in [1.82, 2.24) is 14.3 Å². The maximum Gasteiger partial charge on any atom is 0.291 e. The van der Waals surface area contributed by atoms with Crippen LogP contribution in [0.15, 0.2) is 46.0 Å². The largest absolute Gasteiger partial charge is 0.338 e. The number of halogens is 1. The van der Waals surface area contributed by atoms with Crippen molar-refractivity contribution in [1.29, 1.82) is 0 Å². The molecule has 3 aromatic heterocycles. The number of rotatable bonds is 2. The summed E-state index contributed by atoms with van der Waals surface area (Å²) >= 11 is 1.60. The Kier molecular flexibility index (Phi) is 3.00. The molecule has 4 nitrogen and oxygen atoms in total. The molecule has 0 unspecified atom stereocenters. The highest BCUT2D eigenvalue weighted by Crippen LogP contribution is 2.30. The van der Waals surface area contributed by atoms with E-state index in [4.69, 9.17) is 0 Å². The van der Waals surface area contributed by atoms with Gasteiger partial charge in [-0.1, -0.05) is 12.2 Å². The molecule has 0 aromatic carbocycles. The summed E-state index contributed by atoms with van der Waals surface area (Å²) in [6.45, 7) is 0.177. The van der Waals surface area contributed by atoms with Crippen LogP contribution in [0.4, 0.5) is 4.39 Å². The van der Waals surface area contributed by atoms with Crippen molar-refractivity contribution < 1.29 is 4.39 Å². The normalized spacial score (nSPS) is 15.4. The predicted octanol–water partition coefficient (Wildman–Crippen LogP) is 3.52. The minimum absolute atomic E-state index is 0.149. The third-order valence-corrected chi connectivity index (χ3v) is 5.06. The molecule has 3 heterocycles. The van der Waals surface area contributed by atoms with Gasteiger partial charge < -0.3 is 4.57 Å². The van der Waals surface area contributed by atoms with Crippen LogP contribution >= 0.6 is 11.3 Å². The van der Waals surface area contributed by atoms with Gasteiger partial charge in [-0.2, -0.15) is 5.10 Å². The molecule has 0 radical (unpaired) electrons. The Morgan fingerprint density at radius 1 is 1.45 bits per heavy atom. The molecule has 0 aliphatic heterocycles. The zero-order valence-electron chi connectivity index (χ0n) is 12.0. The summed E-state index contributed by atoms with van der Waals surface area (Å²) in [5.41, 5.74) is 2.01. The predicted molar refractivity (Wildman–Crippen MR) is 86.9 cm³/mol. The fourth-order valence-corrected chi connectivity index (χ4v) is 3.89. The van der Waals surface area contributed by atoms with E-state index in [1.807, 2.05) is 29.1 Å². The molecule has 0 spiro atoms. The van der Waals surface area contributed by atoms with Gasteiger partial charge in [0.2, 0.25) is 0 Å². The molecular formula is C16H14FN3OS. The van der Waals surface area contributed by atoms with Crippen LogP contribution in [0.1, 0.15) is 12.8 Å². The summed E-state index contributed by atoms with van der Waals surface area (Å²) in [7, 11) is 1.88. The van der Waals surface area contributed by atoms with Crippen LogP contribution in [0.5, 0.6) is 0 Å². The third kappa shape index (κ3) is 1.87. The van der Waals surface area contributed by atoms with Crippen LogP contribution in [0.2, 0.25) is 0 Å². The topological polar surface area (TPSA) is 39.8 Å². The van der Waals surface area contributed by atoms with E-state index in [2.05, 4.69) is 5.10 Å². The molecule has 0 bridgehead atoms. The molecule has 0 N–H and O–H groups in total. The first-order valence-electron chi connectivity index (χ1n) is 7.12. The van der Waals surface area contributed by atoms with Crippen molar-refractivity contribution in [2.45, 2.75) is 19.4 Å². The Bertz CT molecular complexity index is 1010. The highest BCUT2D eigenvalue weighted by molar-refractivity contribution is 7.18. The van der Waals surface area contributed by atoms with Crippen LogP contribution in [0.25, 0.3) is 21.1 Å². The number of thiophene rings is 1. The van der Waals surface area contributed by atoms with Gasteiger partial charge in [0, 0.05) is 24.4 Å². The van der Waals surface area contributed by atoms with Gasteiger partial charge in [-0.15, -0.1) is 11.3 Å². The van der Waals surface area contributed by atoms with Crippen LogP contribution in [-0.2, 0) is 13.6 Å². The molecule has 6 heteroatoms. The molecule has 0 saturated heterocycles. The second kappa shape index (κ2) is 4.91. The average Bonchev–Trinajstić information content (AvgIpc) is 3.08. The van der Waals surface area contributed by atoms with Crippen molar-refractivity contribution in [3.63, 3.8) is 0 Å². The zero-order chi connectivity index (χ0) is 15.3. The summed E-state index contributed by atoms with van der Waals surface area (Å²) in [5, 5.41) is 7.11. The average molecular weight is 315 g/mol. The minimum atomic E-state index is -0.178. The van der Waals surface area contributed by atoms with E-state index in [-0.39, 0.29) is 17.9 Å². The summed E-state index contributed by atoms with van der Waals surface area (Å²) in [4.78, 5) is 12.7. The number of hydrogen-bond donors (Lipinski definition) is 0. The number of aromatic nitrogens is 3. The maximum atomic E-state index is 13.9. The van der Waals surface area contributed by atoms with E-state index in [1.54, 1.807) is 23.6 Å². The Balaban J connectivity index is 1.90. The van der Waals surface area contributed by atoms with Gasteiger partial charge in [-0.25, -0.2) is 9.07 Å². The Hall–Kier alpha value is -2.21. The van der Waals surface area contributed by atoms with Gasteiger partial charge in [-0.05, 0) is 17.9 Å². The molecule has 22 heavy (non-hydrogen) atoms. The zero-order valence-corrected chi connectivity index (χ0v) is 12.9. The first-order chi connectivity index (χ1) is 10.7. The number of allylic oxidation sites excluding steroid dienone is 4. The Morgan fingerprint density at radius 2 is 2.32 bits per heavy atom. The lowest BCUT2D eigenvalue weighted by molar-refractivity contribution is 0.549. The fraction of sp³-hybridized carbons (Fsp3) is 0.250. The lowest BCUT2D eigenvalue weighted by Crippen LogP contribution is -2.25. The van der Waals surface area contributed by atoms with E-state index >= 15 is 0 Å². The van der Waals surface area contributed by atoms with Crippen LogP contribution < -0.4 is 5.56 Å². The number of fused-ring (bicyclic) bond motifs is 3. The Labute approximate surface area is 129 Å².